The van der Waals surface area contributed by atoms with Crippen LogP contribution in [0.15, 0.2) is 118 Å². The van der Waals surface area contributed by atoms with Gasteiger partial charge in [-0.15, -0.1) is 23.2 Å². The van der Waals surface area contributed by atoms with Crippen molar-refractivity contribution < 1.29 is 38.2 Å². The van der Waals surface area contributed by atoms with Crippen molar-refractivity contribution in [1.29, 1.82) is 0 Å². The van der Waals surface area contributed by atoms with Gasteiger partial charge in [0.2, 0.25) is 12.1 Å². The van der Waals surface area contributed by atoms with Crippen molar-refractivity contribution >= 4 is 116 Å². The van der Waals surface area contributed by atoms with E-state index in [1.807, 2.05) is 12.1 Å². The highest BCUT2D eigenvalue weighted by atomic mass is 35.5. The lowest BCUT2D eigenvalue weighted by Crippen LogP contribution is -2.32. The molecule has 16 nitrogen and oxygen atoms in total. The van der Waals surface area contributed by atoms with Gasteiger partial charge in [0.25, 0.3) is 23.6 Å². The van der Waals surface area contributed by atoms with Crippen molar-refractivity contribution in [3.8, 4) is 11.5 Å². The molecule has 2 unspecified atom stereocenters. The number of ketones is 2. The van der Waals surface area contributed by atoms with E-state index in [4.69, 9.17) is 55.9 Å². The van der Waals surface area contributed by atoms with E-state index < -0.39 is 47.3 Å². The van der Waals surface area contributed by atoms with Crippen molar-refractivity contribution in [3.05, 3.63) is 129 Å². The number of halogens is 4. The fraction of sp³-hybridized carbons (Fsp3) is 0.217. The first-order valence-corrected chi connectivity index (χ1v) is 21.7. The maximum absolute atomic E-state index is 13.5. The van der Waals surface area contributed by atoms with E-state index >= 15 is 0 Å². The number of ether oxygens (including phenoxy) is 2. The van der Waals surface area contributed by atoms with Crippen LogP contribution in [0.5, 0.6) is 11.5 Å². The molecule has 0 heterocycles. The van der Waals surface area contributed by atoms with Crippen molar-refractivity contribution in [1.82, 2.24) is 0 Å². The van der Waals surface area contributed by atoms with Crippen LogP contribution in [-0.4, -0.2) is 73.3 Å². The van der Waals surface area contributed by atoms with Gasteiger partial charge < -0.3 is 30.7 Å². The average molecular weight is 977 g/mol. The van der Waals surface area contributed by atoms with Crippen LogP contribution in [-0.2, 0) is 32.0 Å². The Balaban J connectivity index is 1.30. The molecule has 5 rings (SSSR count). The zero-order valence-electron chi connectivity index (χ0n) is 35.8. The fourth-order valence-corrected chi connectivity index (χ4v) is 7.15. The van der Waals surface area contributed by atoms with Gasteiger partial charge in [0.15, 0.2) is 23.1 Å². The minimum absolute atomic E-state index is 0.00921. The van der Waals surface area contributed by atoms with Crippen molar-refractivity contribution in [3.63, 3.8) is 0 Å². The van der Waals surface area contributed by atoms with Crippen LogP contribution in [0.4, 0.5) is 34.1 Å². The summed E-state index contributed by atoms with van der Waals surface area (Å²) in [7, 11) is 2.54. The normalized spacial score (nSPS) is 12.0. The zero-order chi connectivity index (χ0) is 47.9. The summed E-state index contributed by atoms with van der Waals surface area (Å²) in [6.45, 7) is 2.28. The van der Waals surface area contributed by atoms with Gasteiger partial charge in [-0.25, -0.2) is 0 Å². The molecule has 0 bridgehead atoms. The number of alkyl halides is 2. The highest BCUT2D eigenvalue weighted by Gasteiger charge is 2.29. The SMILES string of the molecule is COc1c(NC(=O)C(N=Nc2cccc(C(=O)Nc3cccc(CCCl)c3)c2Cl)C(C)=O)ccc(NC(=O)C(N=Nc2cccc(C(=O)Nc3cccc(CCCl)c3)c2Cl)C(C)=O)c1OC. The molecule has 2 atom stereocenters. The Kier molecular flexibility index (Phi) is 18.3. The minimum Gasteiger partial charge on any atom is -0.491 e. The average Bonchev–Trinajstić information content (AvgIpc) is 3.28. The lowest BCUT2D eigenvalue weighted by molar-refractivity contribution is -0.127. The number of carbonyl (C=O) groups excluding carboxylic acids is 6. The number of benzene rings is 5. The Morgan fingerprint density at radius 2 is 0.924 bits per heavy atom. The number of amides is 4. The third-order valence-electron chi connectivity index (χ3n) is 9.45. The number of anilines is 4. The number of aryl methyl sites for hydroxylation is 2. The minimum atomic E-state index is -1.68. The molecule has 0 aliphatic heterocycles. The number of nitrogens with zero attached hydrogens (tertiary/aromatic N) is 4. The van der Waals surface area contributed by atoms with Gasteiger partial charge in [0.05, 0.1) is 46.8 Å². The number of Topliss-reactive ketones (excluding diaryl/α,β-unsaturated/α-hetero) is 2. The zero-order valence-corrected chi connectivity index (χ0v) is 38.8. The Hall–Kier alpha value is -6.72. The van der Waals surface area contributed by atoms with E-state index in [1.165, 1.54) is 62.8 Å². The van der Waals surface area contributed by atoms with E-state index in [0.717, 1.165) is 25.0 Å². The number of nitrogens with one attached hydrogen (secondary N) is 4. The van der Waals surface area contributed by atoms with E-state index in [0.29, 0.717) is 36.0 Å². The van der Waals surface area contributed by atoms with Crippen LogP contribution in [0.3, 0.4) is 0 Å². The number of rotatable bonds is 20. The molecule has 0 aliphatic carbocycles. The van der Waals surface area contributed by atoms with Crippen LogP contribution in [0.1, 0.15) is 45.7 Å². The van der Waals surface area contributed by atoms with Gasteiger partial charge in [-0.05, 0) is 98.5 Å². The fourth-order valence-electron chi connectivity index (χ4n) is 6.21. The van der Waals surface area contributed by atoms with Crippen molar-refractivity contribution in [2.45, 2.75) is 38.8 Å². The molecule has 5 aromatic rings. The van der Waals surface area contributed by atoms with E-state index in [1.54, 1.807) is 36.4 Å². The summed E-state index contributed by atoms with van der Waals surface area (Å²) in [5.41, 5.74) is 3.10. The first kappa shape index (κ1) is 50.3. The van der Waals surface area contributed by atoms with Crippen LogP contribution < -0.4 is 30.7 Å². The molecule has 0 aromatic heterocycles. The Morgan fingerprint density at radius 1 is 0.545 bits per heavy atom. The molecular formula is C46H42Cl4N8O8. The molecule has 4 N–H and O–H groups in total. The first-order valence-electron chi connectivity index (χ1n) is 19.9. The maximum Gasteiger partial charge on any atom is 0.258 e. The molecule has 0 fully saturated rings. The van der Waals surface area contributed by atoms with Gasteiger partial charge in [-0.1, -0.05) is 59.6 Å². The monoisotopic (exact) mass is 974 g/mol. The third kappa shape index (κ3) is 13.0. The Bertz CT molecular complexity index is 2530. The van der Waals surface area contributed by atoms with Gasteiger partial charge in [0.1, 0.15) is 11.4 Å². The van der Waals surface area contributed by atoms with E-state index in [-0.39, 0.29) is 55.4 Å². The second-order valence-corrected chi connectivity index (χ2v) is 15.6. The van der Waals surface area contributed by atoms with Gasteiger partial charge in [-0.3, -0.25) is 28.8 Å². The van der Waals surface area contributed by atoms with Crippen molar-refractivity contribution in [2.75, 3.05) is 47.2 Å². The molecule has 20 heteroatoms. The Labute approximate surface area is 399 Å². The number of hydrogen-bond donors (Lipinski definition) is 4. The number of methoxy groups -OCH3 is 2. The second kappa shape index (κ2) is 24.0. The standard InChI is InChI=1S/C46H42Cl4N8O8/c1-25(59)39(57-55-33-15-7-13-31(37(33)49)43(61)51-29-11-5-9-27(23-29)19-21-47)45(63)53-35-17-18-36(42(66-4)41(35)65-3)54-46(64)40(26(2)60)58-56-34-16-8-14-32(38(34)50)44(62)52-30-12-6-10-28(24-30)20-22-48/h5-18,23-24,39-40H,19-22H2,1-4H3,(H,51,61)(H,52,62)(H,53,63)(H,54,64). The molecular weight excluding hydrogens is 934 g/mol. The quantitative estimate of drug-likeness (QED) is 0.0333. The Morgan fingerprint density at radius 3 is 1.27 bits per heavy atom. The van der Waals surface area contributed by atoms with Crippen LogP contribution in [0.2, 0.25) is 10.0 Å². The summed E-state index contributed by atoms with van der Waals surface area (Å²) in [5.74, 6) is -3.59. The highest BCUT2D eigenvalue weighted by Crippen LogP contribution is 2.42. The molecule has 0 spiro atoms. The topological polar surface area (TPSA) is 218 Å². The molecule has 0 radical (unpaired) electrons. The molecule has 0 saturated carbocycles. The summed E-state index contributed by atoms with van der Waals surface area (Å²) in [4.78, 5) is 78.8. The summed E-state index contributed by atoms with van der Waals surface area (Å²) in [6, 6.07) is 22.6. The van der Waals surface area contributed by atoms with Crippen molar-refractivity contribution in [2.24, 2.45) is 20.5 Å². The van der Waals surface area contributed by atoms with Gasteiger partial charge in [-0.2, -0.15) is 20.5 Å². The van der Waals surface area contributed by atoms with E-state index in [9.17, 15) is 28.8 Å². The maximum atomic E-state index is 13.5. The summed E-state index contributed by atoms with van der Waals surface area (Å²) in [5, 5.41) is 26.6. The smallest absolute Gasteiger partial charge is 0.258 e. The first-order chi connectivity index (χ1) is 31.7. The van der Waals surface area contributed by atoms with E-state index in [2.05, 4.69) is 41.7 Å². The van der Waals surface area contributed by atoms with Crippen LogP contribution in [0.25, 0.3) is 0 Å². The lowest BCUT2D eigenvalue weighted by atomic mass is 10.1. The predicted molar refractivity (Wildman–Crippen MR) is 255 cm³/mol. The highest BCUT2D eigenvalue weighted by molar-refractivity contribution is 6.37. The molecule has 5 aromatic carbocycles. The van der Waals surface area contributed by atoms with Gasteiger partial charge in [0, 0.05) is 23.1 Å². The molecule has 4 amide bonds. The number of azo groups is 2. The lowest BCUT2D eigenvalue weighted by Gasteiger charge is -2.19. The third-order valence-corrected chi connectivity index (χ3v) is 10.6. The largest absolute Gasteiger partial charge is 0.491 e. The van der Waals surface area contributed by atoms with Crippen LogP contribution in [0, 0.1) is 0 Å². The molecule has 342 valence electrons. The predicted octanol–water partition coefficient (Wildman–Crippen LogP) is 10.4. The summed E-state index contributed by atoms with van der Waals surface area (Å²) >= 11 is 24.8. The second-order valence-electron chi connectivity index (χ2n) is 14.1. The van der Waals surface area contributed by atoms with Crippen LogP contribution >= 0.6 is 46.4 Å². The van der Waals surface area contributed by atoms with Gasteiger partial charge >= 0.3 is 0 Å². The number of carbonyl (C=O) groups is 6. The summed E-state index contributed by atoms with van der Waals surface area (Å²) in [6.07, 6.45) is 1.22. The summed E-state index contributed by atoms with van der Waals surface area (Å²) < 4.78 is 11.1. The number of hydrogen-bond acceptors (Lipinski definition) is 12. The molecule has 0 aliphatic rings. The molecule has 66 heavy (non-hydrogen) atoms. The molecule has 0 saturated heterocycles.